The van der Waals surface area contributed by atoms with Crippen LogP contribution in [0.1, 0.15) is 22.8 Å². The SMILES string of the molecule is CCOc1c(Cl)cc(C(=O)NCCc2ccc(OC(F)F)c(OC)c2)cc1OC. The Kier molecular flexibility index (Phi) is 8.33. The fourth-order valence-electron chi connectivity index (χ4n) is 2.62. The smallest absolute Gasteiger partial charge is 0.387 e. The number of amides is 1. The van der Waals surface area contributed by atoms with Crippen LogP contribution in [-0.4, -0.2) is 39.9 Å². The van der Waals surface area contributed by atoms with Gasteiger partial charge >= 0.3 is 6.61 Å². The van der Waals surface area contributed by atoms with Crippen LogP contribution < -0.4 is 24.3 Å². The van der Waals surface area contributed by atoms with E-state index in [1.807, 2.05) is 6.92 Å². The number of halogens is 3. The number of hydrogen-bond acceptors (Lipinski definition) is 5. The molecule has 1 N–H and O–H groups in total. The number of hydrogen-bond donors (Lipinski definition) is 1. The van der Waals surface area contributed by atoms with Crippen LogP contribution in [0.5, 0.6) is 23.0 Å². The van der Waals surface area contributed by atoms with Crippen molar-refractivity contribution in [2.24, 2.45) is 0 Å². The van der Waals surface area contributed by atoms with Gasteiger partial charge in [0.1, 0.15) is 0 Å². The van der Waals surface area contributed by atoms with Crippen LogP contribution in [0.25, 0.3) is 0 Å². The predicted octanol–water partition coefficient (Wildman–Crippen LogP) is 4.33. The largest absolute Gasteiger partial charge is 0.493 e. The third kappa shape index (κ3) is 6.12. The molecule has 0 aliphatic rings. The number of carbonyl (C=O) groups excluding carboxylic acids is 1. The molecule has 0 aliphatic carbocycles. The van der Waals surface area contributed by atoms with Crippen molar-refractivity contribution in [3.05, 3.63) is 46.5 Å². The lowest BCUT2D eigenvalue weighted by atomic mass is 10.1. The normalized spacial score (nSPS) is 10.6. The molecular formula is C20H22ClF2NO5. The molecule has 2 rings (SSSR count). The highest BCUT2D eigenvalue weighted by Crippen LogP contribution is 2.36. The minimum absolute atomic E-state index is 0.0496. The average Bonchev–Trinajstić information content (AvgIpc) is 2.69. The second-order valence-corrected chi connectivity index (χ2v) is 6.20. The zero-order chi connectivity index (χ0) is 21.4. The number of alkyl halides is 2. The molecule has 2 aromatic rings. The maximum atomic E-state index is 12.4. The summed E-state index contributed by atoms with van der Waals surface area (Å²) in [5.74, 6) is 0.553. The Labute approximate surface area is 172 Å². The molecule has 0 aromatic heterocycles. The van der Waals surface area contributed by atoms with Crippen molar-refractivity contribution in [2.75, 3.05) is 27.4 Å². The molecule has 2 aromatic carbocycles. The molecule has 0 unspecified atom stereocenters. The van der Waals surface area contributed by atoms with Crippen LogP contribution in [0.2, 0.25) is 5.02 Å². The summed E-state index contributed by atoms with van der Waals surface area (Å²) in [6.45, 7) is -0.402. The molecule has 6 nitrogen and oxygen atoms in total. The van der Waals surface area contributed by atoms with Gasteiger partial charge in [0.2, 0.25) is 0 Å². The Balaban J connectivity index is 2.02. The molecule has 9 heteroatoms. The second-order valence-electron chi connectivity index (χ2n) is 5.79. The molecule has 0 saturated carbocycles. The first kappa shape index (κ1) is 22.5. The minimum Gasteiger partial charge on any atom is -0.493 e. The molecule has 0 fully saturated rings. The van der Waals surface area contributed by atoms with Gasteiger partial charge in [0.25, 0.3) is 5.91 Å². The fraction of sp³-hybridized carbons (Fsp3) is 0.350. The number of ether oxygens (including phenoxy) is 4. The topological polar surface area (TPSA) is 66.0 Å². The van der Waals surface area contributed by atoms with Gasteiger partial charge in [-0.25, -0.2) is 0 Å². The summed E-state index contributed by atoms with van der Waals surface area (Å²) >= 11 is 6.19. The monoisotopic (exact) mass is 429 g/mol. The third-order valence-corrected chi connectivity index (χ3v) is 4.20. The summed E-state index contributed by atoms with van der Waals surface area (Å²) in [5.41, 5.74) is 1.11. The van der Waals surface area contributed by atoms with Crippen molar-refractivity contribution in [2.45, 2.75) is 20.0 Å². The van der Waals surface area contributed by atoms with Gasteiger partial charge in [-0.3, -0.25) is 4.79 Å². The lowest BCUT2D eigenvalue weighted by Crippen LogP contribution is -2.25. The van der Waals surface area contributed by atoms with Crippen molar-refractivity contribution in [1.29, 1.82) is 0 Å². The fourth-order valence-corrected chi connectivity index (χ4v) is 2.88. The molecule has 29 heavy (non-hydrogen) atoms. The van der Waals surface area contributed by atoms with Crippen LogP contribution >= 0.6 is 11.6 Å². The van der Waals surface area contributed by atoms with Gasteiger partial charge in [-0.15, -0.1) is 0 Å². The molecule has 0 heterocycles. The molecule has 1 amide bonds. The zero-order valence-electron chi connectivity index (χ0n) is 16.3. The van der Waals surface area contributed by atoms with Crippen molar-refractivity contribution >= 4 is 17.5 Å². The Hall–Kier alpha value is -2.74. The summed E-state index contributed by atoms with van der Waals surface area (Å²) in [4.78, 5) is 12.4. The summed E-state index contributed by atoms with van der Waals surface area (Å²) in [7, 11) is 2.83. The molecule has 0 saturated heterocycles. The van der Waals surface area contributed by atoms with Crippen molar-refractivity contribution in [1.82, 2.24) is 5.32 Å². The quantitative estimate of drug-likeness (QED) is 0.609. The summed E-state index contributed by atoms with van der Waals surface area (Å²) in [6.07, 6.45) is 0.457. The molecule has 0 radical (unpaired) electrons. The van der Waals surface area contributed by atoms with E-state index in [1.165, 1.54) is 26.4 Å². The van der Waals surface area contributed by atoms with Crippen molar-refractivity contribution < 1.29 is 32.5 Å². The van der Waals surface area contributed by atoms with Crippen LogP contribution in [0, 0.1) is 0 Å². The van der Waals surface area contributed by atoms with E-state index in [1.54, 1.807) is 18.2 Å². The molecule has 0 atom stereocenters. The van der Waals surface area contributed by atoms with Crippen LogP contribution in [-0.2, 0) is 6.42 Å². The molecule has 0 bridgehead atoms. The zero-order valence-corrected chi connectivity index (χ0v) is 17.0. The lowest BCUT2D eigenvalue weighted by molar-refractivity contribution is -0.0512. The highest BCUT2D eigenvalue weighted by molar-refractivity contribution is 6.32. The Morgan fingerprint density at radius 1 is 1.10 bits per heavy atom. The molecular weight excluding hydrogens is 408 g/mol. The Bertz CT molecular complexity index is 848. The lowest BCUT2D eigenvalue weighted by Gasteiger charge is -2.13. The number of nitrogens with one attached hydrogen (secondary N) is 1. The van der Waals surface area contributed by atoms with E-state index in [9.17, 15) is 13.6 Å². The first-order valence-electron chi connectivity index (χ1n) is 8.79. The standard InChI is InChI=1S/C20H22ClF2NO5/c1-4-28-18-14(21)10-13(11-17(18)27-3)19(25)24-8-7-12-5-6-15(29-20(22)23)16(9-12)26-2/h5-6,9-11,20H,4,7-8H2,1-3H3,(H,24,25). The highest BCUT2D eigenvalue weighted by atomic mass is 35.5. The minimum atomic E-state index is -2.94. The first-order chi connectivity index (χ1) is 13.9. The van der Waals surface area contributed by atoms with Gasteiger partial charge in [0.15, 0.2) is 23.0 Å². The number of methoxy groups -OCH3 is 2. The van der Waals surface area contributed by atoms with E-state index in [0.717, 1.165) is 5.56 Å². The number of carbonyl (C=O) groups is 1. The van der Waals surface area contributed by atoms with Crippen molar-refractivity contribution in [3.8, 4) is 23.0 Å². The number of rotatable bonds is 10. The van der Waals surface area contributed by atoms with E-state index in [2.05, 4.69) is 10.1 Å². The maximum absolute atomic E-state index is 12.4. The molecule has 0 spiro atoms. The van der Waals surface area contributed by atoms with Gasteiger partial charge < -0.3 is 24.3 Å². The Morgan fingerprint density at radius 3 is 2.45 bits per heavy atom. The summed E-state index contributed by atoms with van der Waals surface area (Å²) < 4.78 is 44.9. The van der Waals surface area contributed by atoms with Crippen LogP contribution in [0.4, 0.5) is 8.78 Å². The second kappa shape index (κ2) is 10.7. The predicted molar refractivity (Wildman–Crippen MR) is 105 cm³/mol. The van der Waals surface area contributed by atoms with Gasteiger partial charge in [-0.2, -0.15) is 8.78 Å². The summed E-state index contributed by atoms with van der Waals surface area (Å²) in [5, 5.41) is 3.05. The van der Waals surface area contributed by atoms with Crippen molar-refractivity contribution in [3.63, 3.8) is 0 Å². The van der Waals surface area contributed by atoms with E-state index in [4.69, 9.17) is 25.8 Å². The van der Waals surface area contributed by atoms with Gasteiger partial charge in [0, 0.05) is 12.1 Å². The van der Waals surface area contributed by atoms with E-state index in [0.29, 0.717) is 36.6 Å². The third-order valence-electron chi connectivity index (χ3n) is 3.92. The van der Waals surface area contributed by atoms with Crippen LogP contribution in [0.3, 0.4) is 0 Å². The summed E-state index contributed by atoms with van der Waals surface area (Å²) in [6, 6.07) is 7.67. The Morgan fingerprint density at radius 2 is 1.83 bits per heavy atom. The molecule has 158 valence electrons. The first-order valence-corrected chi connectivity index (χ1v) is 9.17. The molecule has 0 aliphatic heterocycles. The van der Waals surface area contributed by atoms with Crippen LogP contribution in [0.15, 0.2) is 30.3 Å². The van der Waals surface area contributed by atoms with Gasteiger partial charge in [-0.05, 0) is 43.2 Å². The van der Waals surface area contributed by atoms with E-state index in [-0.39, 0.29) is 22.4 Å². The van der Waals surface area contributed by atoms with E-state index >= 15 is 0 Å². The highest BCUT2D eigenvalue weighted by Gasteiger charge is 2.16. The maximum Gasteiger partial charge on any atom is 0.387 e. The van der Waals surface area contributed by atoms with Gasteiger partial charge in [0.05, 0.1) is 25.8 Å². The van der Waals surface area contributed by atoms with Gasteiger partial charge in [-0.1, -0.05) is 17.7 Å². The number of benzene rings is 2. The van der Waals surface area contributed by atoms with E-state index < -0.39 is 6.61 Å². The average molecular weight is 430 g/mol.